The Morgan fingerprint density at radius 1 is 1.25 bits per heavy atom. The summed E-state index contributed by atoms with van der Waals surface area (Å²) in [5, 5.41) is 11.2. The molecular weight excluding hydrogens is 316 g/mol. The van der Waals surface area contributed by atoms with Gasteiger partial charge in [-0.2, -0.15) is 0 Å². The van der Waals surface area contributed by atoms with E-state index in [-0.39, 0.29) is 50.0 Å². The number of ketones is 1. The van der Waals surface area contributed by atoms with Crippen molar-refractivity contribution in [1.82, 2.24) is 4.90 Å². The van der Waals surface area contributed by atoms with Gasteiger partial charge in [-0.25, -0.2) is 0 Å². The first kappa shape index (κ1) is 17.5. The lowest BCUT2D eigenvalue weighted by atomic mass is 10.0. The zero-order valence-electron chi connectivity index (χ0n) is 13.2. The Balaban J connectivity index is 1.91. The molecule has 0 aromatic heterocycles. The first-order valence-corrected chi connectivity index (χ1v) is 7.42. The fraction of sp³-hybridized carbons (Fsp3) is 0.375. The van der Waals surface area contributed by atoms with Gasteiger partial charge in [-0.1, -0.05) is 0 Å². The number of benzene rings is 1. The van der Waals surface area contributed by atoms with Crippen molar-refractivity contribution in [3.8, 4) is 5.75 Å². The van der Waals surface area contributed by atoms with Crippen LogP contribution >= 0.6 is 0 Å². The normalized spacial score (nSPS) is 12.6. The molecule has 128 valence electrons. The molecule has 8 nitrogen and oxygen atoms in total. The Morgan fingerprint density at radius 2 is 2.00 bits per heavy atom. The van der Waals surface area contributed by atoms with E-state index in [1.807, 2.05) is 0 Å². The molecule has 0 radical (unpaired) electrons. The second kappa shape index (κ2) is 7.58. The van der Waals surface area contributed by atoms with Gasteiger partial charge in [0.25, 0.3) is 5.91 Å². The van der Waals surface area contributed by atoms with Gasteiger partial charge >= 0.3 is 5.97 Å². The first-order valence-electron chi connectivity index (χ1n) is 7.42. The monoisotopic (exact) mass is 334 g/mol. The number of fused-ring (bicyclic) bond motifs is 1. The Labute approximate surface area is 138 Å². The van der Waals surface area contributed by atoms with E-state index in [1.165, 1.54) is 18.0 Å². The van der Waals surface area contributed by atoms with Crippen LogP contribution in [0.4, 0.5) is 5.69 Å². The fourth-order valence-corrected chi connectivity index (χ4v) is 2.20. The number of hydrogen-bond acceptors (Lipinski definition) is 5. The number of Topliss-reactive ketones (excluding diaryl/α,β-unsaturated/α-hetero) is 1. The van der Waals surface area contributed by atoms with Crippen LogP contribution in [0.2, 0.25) is 0 Å². The van der Waals surface area contributed by atoms with E-state index in [0.29, 0.717) is 17.0 Å². The number of carbonyl (C=O) groups excluding carboxylic acids is 3. The van der Waals surface area contributed by atoms with Gasteiger partial charge in [0.15, 0.2) is 12.4 Å². The number of aliphatic carboxylic acids is 1. The zero-order valence-corrected chi connectivity index (χ0v) is 13.2. The lowest BCUT2D eigenvalue weighted by Gasteiger charge is -2.18. The topological polar surface area (TPSA) is 113 Å². The molecule has 0 bridgehead atoms. The Hall–Kier alpha value is -2.90. The van der Waals surface area contributed by atoms with Crippen LogP contribution in [0.5, 0.6) is 5.75 Å². The maximum atomic E-state index is 12.2. The first-order chi connectivity index (χ1) is 11.4. The highest BCUT2D eigenvalue weighted by Gasteiger charge is 2.19. The van der Waals surface area contributed by atoms with E-state index in [2.05, 4.69) is 5.32 Å². The molecule has 2 rings (SSSR count). The lowest BCUT2D eigenvalue weighted by Crippen LogP contribution is -2.29. The molecule has 0 spiro atoms. The van der Waals surface area contributed by atoms with E-state index in [1.54, 1.807) is 12.1 Å². The SMILES string of the molecule is CN(CCC(=O)O)C(=O)CCC(=O)c1ccc2c(c1)NC(=O)CO2. The number of carbonyl (C=O) groups is 4. The summed E-state index contributed by atoms with van der Waals surface area (Å²) in [7, 11) is 1.50. The van der Waals surface area contributed by atoms with E-state index in [4.69, 9.17) is 9.84 Å². The minimum atomic E-state index is -0.982. The van der Waals surface area contributed by atoms with Crippen molar-refractivity contribution in [3.05, 3.63) is 23.8 Å². The summed E-state index contributed by atoms with van der Waals surface area (Å²) in [5.74, 6) is -1.31. The summed E-state index contributed by atoms with van der Waals surface area (Å²) >= 11 is 0. The van der Waals surface area contributed by atoms with Crippen molar-refractivity contribution >= 4 is 29.3 Å². The van der Waals surface area contributed by atoms with Crippen molar-refractivity contribution in [2.45, 2.75) is 19.3 Å². The van der Waals surface area contributed by atoms with E-state index in [9.17, 15) is 19.2 Å². The summed E-state index contributed by atoms with van der Waals surface area (Å²) in [6.07, 6.45) is -0.139. The third kappa shape index (κ3) is 4.55. The summed E-state index contributed by atoms with van der Waals surface area (Å²) in [5.41, 5.74) is 0.808. The van der Waals surface area contributed by atoms with E-state index < -0.39 is 5.97 Å². The maximum Gasteiger partial charge on any atom is 0.305 e. The molecule has 24 heavy (non-hydrogen) atoms. The minimum absolute atomic E-state index is 0.00380. The van der Waals surface area contributed by atoms with Crippen LogP contribution < -0.4 is 10.1 Å². The number of carboxylic acid groups (broad SMARTS) is 1. The van der Waals surface area contributed by atoms with Crippen LogP contribution in [0.3, 0.4) is 0 Å². The highest BCUT2D eigenvalue weighted by Crippen LogP contribution is 2.28. The Kier molecular flexibility index (Phi) is 5.51. The Morgan fingerprint density at radius 3 is 2.71 bits per heavy atom. The van der Waals surface area contributed by atoms with Gasteiger partial charge in [0.1, 0.15) is 5.75 Å². The molecule has 1 aromatic rings. The summed E-state index contributed by atoms with van der Waals surface area (Å²) in [4.78, 5) is 47.1. The van der Waals surface area contributed by atoms with Gasteiger partial charge in [-0.3, -0.25) is 19.2 Å². The maximum absolute atomic E-state index is 12.2. The van der Waals surface area contributed by atoms with Crippen molar-refractivity contribution in [2.24, 2.45) is 0 Å². The van der Waals surface area contributed by atoms with Crippen LogP contribution in [0.25, 0.3) is 0 Å². The lowest BCUT2D eigenvalue weighted by molar-refractivity contribution is -0.138. The predicted octanol–water partition coefficient (Wildman–Crippen LogP) is 0.913. The largest absolute Gasteiger partial charge is 0.482 e. The van der Waals surface area contributed by atoms with Crippen LogP contribution in [0.15, 0.2) is 18.2 Å². The average molecular weight is 334 g/mol. The smallest absolute Gasteiger partial charge is 0.305 e. The standard InChI is InChI=1S/C16H18N2O6/c1-18(7-6-16(22)23)15(21)5-3-12(19)10-2-4-13-11(8-10)17-14(20)9-24-13/h2,4,8H,3,5-7,9H2,1H3,(H,17,20)(H,22,23). The molecule has 8 heteroatoms. The number of nitrogens with zero attached hydrogens (tertiary/aromatic N) is 1. The molecule has 0 saturated heterocycles. The van der Waals surface area contributed by atoms with Crippen molar-refractivity contribution in [1.29, 1.82) is 0 Å². The third-order valence-electron chi connectivity index (χ3n) is 3.59. The van der Waals surface area contributed by atoms with E-state index >= 15 is 0 Å². The predicted molar refractivity (Wildman–Crippen MR) is 84.0 cm³/mol. The number of nitrogens with one attached hydrogen (secondary N) is 1. The molecule has 0 aliphatic carbocycles. The molecular formula is C16H18N2O6. The second-order valence-electron chi connectivity index (χ2n) is 5.43. The van der Waals surface area contributed by atoms with Crippen LogP contribution in [-0.4, -0.2) is 53.8 Å². The van der Waals surface area contributed by atoms with Crippen molar-refractivity contribution < 1.29 is 29.0 Å². The molecule has 0 atom stereocenters. The molecule has 0 unspecified atom stereocenters. The summed E-state index contributed by atoms with van der Waals surface area (Å²) in [6, 6.07) is 4.70. The quantitative estimate of drug-likeness (QED) is 0.717. The highest BCUT2D eigenvalue weighted by atomic mass is 16.5. The number of rotatable bonds is 7. The van der Waals surface area contributed by atoms with E-state index in [0.717, 1.165) is 0 Å². The summed E-state index contributed by atoms with van der Waals surface area (Å²) in [6.45, 7) is 0.0437. The molecule has 1 aliphatic rings. The minimum Gasteiger partial charge on any atom is -0.482 e. The molecule has 1 heterocycles. The number of ether oxygens (including phenoxy) is 1. The number of anilines is 1. The van der Waals surface area contributed by atoms with Gasteiger partial charge in [0.2, 0.25) is 5.91 Å². The zero-order chi connectivity index (χ0) is 17.7. The van der Waals surface area contributed by atoms with Gasteiger partial charge in [-0.15, -0.1) is 0 Å². The van der Waals surface area contributed by atoms with Gasteiger partial charge in [-0.05, 0) is 18.2 Å². The second-order valence-corrected chi connectivity index (χ2v) is 5.43. The molecule has 2 N–H and O–H groups in total. The molecule has 2 amide bonds. The van der Waals surface area contributed by atoms with Crippen molar-refractivity contribution in [2.75, 3.05) is 25.5 Å². The molecule has 0 saturated carbocycles. The van der Waals surface area contributed by atoms with Crippen LogP contribution in [0.1, 0.15) is 29.6 Å². The van der Waals surface area contributed by atoms with Gasteiger partial charge in [0, 0.05) is 32.0 Å². The average Bonchev–Trinajstić information content (AvgIpc) is 2.56. The number of hydrogen-bond donors (Lipinski definition) is 2. The Bertz CT molecular complexity index is 685. The molecule has 0 fully saturated rings. The number of carboxylic acids is 1. The highest BCUT2D eigenvalue weighted by molar-refractivity contribution is 6.01. The van der Waals surface area contributed by atoms with Crippen molar-refractivity contribution in [3.63, 3.8) is 0 Å². The van der Waals surface area contributed by atoms with Crippen LogP contribution in [0, 0.1) is 0 Å². The number of amides is 2. The molecule has 1 aliphatic heterocycles. The fourth-order valence-electron chi connectivity index (χ4n) is 2.20. The van der Waals surface area contributed by atoms with Gasteiger partial charge in [0.05, 0.1) is 12.1 Å². The van der Waals surface area contributed by atoms with Gasteiger partial charge < -0.3 is 20.1 Å². The third-order valence-corrected chi connectivity index (χ3v) is 3.59. The van der Waals surface area contributed by atoms with Crippen LogP contribution in [-0.2, 0) is 14.4 Å². The summed E-state index contributed by atoms with van der Waals surface area (Å²) < 4.78 is 5.21. The molecule has 1 aromatic carbocycles.